The summed E-state index contributed by atoms with van der Waals surface area (Å²) < 4.78 is 5.81. The predicted octanol–water partition coefficient (Wildman–Crippen LogP) is 4.67. The molecule has 0 heterocycles. The molecular formula is C23H29NO2. The summed E-state index contributed by atoms with van der Waals surface area (Å²) in [6, 6.07) is 20.3. The van der Waals surface area contributed by atoms with Gasteiger partial charge in [0, 0.05) is 12.6 Å². The zero-order chi connectivity index (χ0) is 18.2. The molecule has 0 aromatic heterocycles. The third-order valence-corrected chi connectivity index (χ3v) is 5.12. The lowest BCUT2D eigenvalue weighted by Crippen LogP contribution is -2.38. The molecule has 0 amide bonds. The molecule has 0 saturated heterocycles. The number of ether oxygens (including phenoxy) is 1. The van der Waals surface area contributed by atoms with Crippen LogP contribution in [0, 0.1) is 0 Å². The first-order valence-corrected chi connectivity index (χ1v) is 9.78. The highest BCUT2D eigenvalue weighted by Gasteiger charge is 2.26. The van der Waals surface area contributed by atoms with E-state index in [0.29, 0.717) is 12.6 Å². The number of rotatable bonds is 7. The number of nitrogens with one attached hydrogen (secondary N) is 1. The van der Waals surface area contributed by atoms with Crippen LogP contribution in [0.2, 0.25) is 0 Å². The van der Waals surface area contributed by atoms with Gasteiger partial charge in [-0.1, -0.05) is 79.9 Å². The predicted molar refractivity (Wildman–Crippen MR) is 105 cm³/mol. The minimum absolute atomic E-state index is 0.139. The topological polar surface area (TPSA) is 38.3 Å². The second-order valence-electron chi connectivity index (χ2n) is 7.25. The van der Waals surface area contributed by atoms with Crippen molar-refractivity contribution in [1.29, 1.82) is 0 Å². The maximum atomic E-state index is 13.0. The SMILES string of the molecule is CC(CNC1CCCCC1)OC(=O)C(c1ccccc1)c1ccccc1. The average molecular weight is 351 g/mol. The monoisotopic (exact) mass is 351 g/mol. The largest absolute Gasteiger partial charge is 0.461 e. The highest BCUT2D eigenvalue weighted by molar-refractivity contribution is 5.82. The molecule has 138 valence electrons. The van der Waals surface area contributed by atoms with Gasteiger partial charge in [0.05, 0.1) is 0 Å². The standard InChI is InChI=1S/C23H29NO2/c1-18(17-24-21-15-9-4-10-16-21)26-23(25)22(19-11-5-2-6-12-19)20-13-7-3-8-14-20/h2-3,5-8,11-14,18,21-22,24H,4,9-10,15-17H2,1H3. The quantitative estimate of drug-likeness (QED) is 0.737. The van der Waals surface area contributed by atoms with Crippen molar-refractivity contribution in [3.63, 3.8) is 0 Å². The van der Waals surface area contributed by atoms with Crippen LogP contribution in [-0.4, -0.2) is 24.7 Å². The third-order valence-electron chi connectivity index (χ3n) is 5.12. The minimum atomic E-state index is -0.380. The number of carbonyl (C=O) groups is 1. The van der Waals surface area contributed by atoms with Crippen molar-refractivity contribution >= 4 is 5.97 Å². The Labute approximate surface area is 156 Å². The Balaban J connectivity index is 1.63. The van der Waals surface area contributed by atoms with Gasteiger partial charge in [-0.05, 0) is 30.9 Å². The van der Waals surface area contributed by atoms with E-state index >= 15 is 0 Å². The van der Waals surface area contributed by atoms with E-state index in [-0.39, 0.29) is 18.0 Å². The average Bonchev–Trinajstić information content (AvgIpc) is 2.69. The van der Waals surface area contributed by atoms with Crippen molar-refractivity contribution in [2.75, 3.05) is 6.54 Å². The van der Waals surface area contributed by atoms with E-state index < -0.39 is 0 Å². The zero-order valence-electron chi connectivity index (χ0n) is 15.6. The minimum Gasteiger partial charge on any atom is -0.461 e. The number of hydrogen-bond donors (Lipinski definition) is 1. The van der Waals surface area contributed by atoms with Gasteiger partial charge in [0.1, 0.15) is 12.0 Å². The zero-order valence-corrected chi connectivity index (χ0v) is 15.6. The highest BCUT2D eigenvalue weighted by atomic mass is 16.5. The molecule has 26 heavy (non-hydrogen) atoms. The number of hydrogen-bond acceptors (Lipinski definition) is 3. The maximum Gasteiger partial charge on any atom is 0.318 e. The number of esters is 1. The Bertz CT molecular complexity index is 626. The molecule has 0 bridgehead atoms. The van der Waals surface area contributed by atoms with E-state index in [0.717, 1.165) is 11.1 Å². The summed E-state index contributed by atoms with van der Waals surface area (Å²) in [4.78, 5) is 13.0. The van der Waals surface area contributed by atoms with E-state index in [1.807, 2.05) is 67.6 Å². The summed E-state index contributed by atoms with van der Waals surface area (Å²) >= 11 is 0. The van der Waals surface area contributed by atoms with E-state index in [9.17, 15) is 4.79 Å². The van der Waals surface area contributed by atoms with E-state index in [1.165, 1.54) is 32.1 Å². The molecule has 1 aliphatic rings. The van der Waals surface area contributed by atoms with Crippen LogP contribution in [0.4, 0.5) is 0 Å². The van der Waals surface area contributed by atoms with Gasteiger partial charge >= 0.3 is 5.97 Å². The normalized spacial score (nSPS) is 16.4. The maximum absolute atomic E-state index is 13.0. The van der Waals surface area contributed by atoms with Crippen molar-refractivity contribution in [2.45, 2.75) is 57.1 Å². The van der Waals surface area contributed by atoms with Crippen molar-refractivity contribution in [3.05, 3.63) is 71.8 Å². The number of benzene rings is 2. The van der Waals surface area contributed by atoms with Gasteiger partial charge in [0.2, 0.25) is 0 Å². The molecule has 2 aromatic carbocycles. The second kappa shape index (κ2) is 9.54. The molecule has 1 atom stereocenters. The fourth-order valence-electron chi connectivity index (χ4n) is 3.70. The van der Waals surface area contributed by atoms with Crippen molar-refractivity contribution in [1.82, 2.24) is 5.32 Å². The lowest BCUT2D eigenvalue weighted by molar-refractivity contribution is -0.148. The van der Waals surface area contributed by atoms with Crippen LogP contribution in [-0.2, 0) is 9.53 Å². The Morgan fingerprint density at radius 3 is 2.04 bits per heavy atom. The van der Waals surface area contributed by atoms with Gasteiger partial charge in [-0.3, -0.25) is 4.79 Å². The van der Waals surface area contributed by atoms with Crippen LogP contribution >= 0.6 is 0 Å². The summed E-state index contributed by atoms with van der Waals surface area (Å²) in [6.07, 6.45) is 6.28. The molecule has 3 rings (SSSR count). The fraction of sp³-hybridized carbons (Fsp3) is 0.435. The number of carbonyl (C=O) groups excluding carboxylic acids is 1. The highest BCUT2D eigenvalue weighted by Crippen LogP contribution is 2.26. The summed E-state index contributed by atoms with van der Waals surface area (Å²) in [6.45, 7) is 2.69. The molecule has 1 fully saturated rings. The van der Waals surface area contributed by atoms with E-state index in [1.54, 1.807) is 0 Å². The van der Waals surface area contributed by atoms with E-state index in [2.05, 4.69) is 5.32 Å². The van der Waals surface area contributed by atoms with Crippen LogP contribution < -0.4 is 5.32 Å². The summed E-state index contributed by atoms with van der Waals surface area (Å²) in [5.41, 5.74) is 1.94. The third kappa shape index (κ3) is 5.18. The Morgan fingerprint density at radius 1 is 0.962 bits per heavy atom. The van der Waals surface area contributed by atoms with E-state index in [4.69, 9.17) is 4.74 Å². The first kappa shape index (κ1) is 18.7. The summed E-state index contributed by atoms with van der Waals surface area (Å²) in [5.74, 6) is -0.560. The second-order valence-corrected chi connectivity index (χ2v) is 7.25. The van der Waals surface area contributed by atoms with Gasteiger partial charge in [0.25, 0.3) is 0 Å². The molecule has 1 unspecified atom stereocenters. The molecule has 3 heteroatoms. The van der Waals surface area contributed by atoms with Gasteiger partial charge in [-0.15, -0.1) is 0 Å². The lowest BCUT2D eigenvalue weighted by Gasteiger charge is -2.25. The van der Waals surface area contributed by atoms with Crippen molar-refractivity contribution in [3.8, 4) is 0 Å². The Hall–Kier alpha value is -2.13. The van der Waals surface area contributed by atoms with Crippen LogP contribution in [0.15, 0.2) is 60.7 Å². The summed E-state index contributed by atoms with van der Waals surface area (Å²) in [7, 11) is 0. The van der Waals surface area contributed by atoms with Gasteiger partial charge in [-0.2, -0.15) is 0 Å². The Morgan fingerprint density at radius 2 is 1.50 bits per heavy atom. The van der Waals surface area contributed by atoms with Crippen molar-refractivity contribution in [2.24, 2.45) is 0 Å². The molecule has 2 aromatic rings. The first-order valence-electron chi connectivity index (χ1n) is 9.78. The van der Waals surface area contributed by atoms with Gasteiger partial charge in [-0.25, -0.2) is 0 Å². The van der Waals surface area contributed by atoms with Gasteiger partial charge in [0.15, 0.2) is 0 Å². The van der Waals surface area contributed by atoms with Gasteiger partial charge < -0.3 is 10.1 Å². The Kier molecular flexibility index (Phi) is 6.84. The van der Waals surface area contributed by atoms with Crippen LogP contribution in [0.1, 0.15) is 56.1 Å². The summed E-state index contributed by atoms with van der Waals surface area (Å²) in [5, 5.41) is 3.57. The first-order chi connectivity index (χ1) is 12.7. The molecule has 1 N–H and O–H groups in total. The van der Waals surface area contributed by atoms with Crippen molar-refractivity contribution < 1.29 is 9.53 Å². The molecule has 0 aliphatic heterocycles. The fourth-order valence-corrected chi connectivity index (χ4v) is 3.70. The smallest absolute Gasteiger partial charge is 0.318 e. The molecule has 0 radical (unpaired) electrons. The van der Waals surface area contributed by atoms with Crippen LogP contribution in [0.3, 0.4) is 0 Å². The molecule has 3 nitrogen and oxygen atoms in total. The van der Waals surface area contributed by atoms with Crippen LogP contribution in [0.5, 0.6) is 0 Å². The molecule has 1 aliphatic carbocycles. The molecular weight excluding hydrogens is 322 g/mol. The van der Waals surface area contributed by atoms with Crippen LogP contribution in [0.25, 0.3) is 0 Å². The lowest BCUT2D eigenvalue weighted by atomic mass is 9.91. The molecule has 1 saturated carbocycles. The molecule has 0 spiro atoms.